The molecule has 0 aliphatic carbocycles. The van der Waals surface area contributed by atoms with E-state index in [0.717, 1.165) is 5.56 Å². The van der Waals surface area contributed by atoms with Gasteiger partial charge in [-0.15, -0.1) is 0 Å². The smallest absolute Gasteiger partial charge is 0.280 e. The highest BCUT2D eigenvalue weighted by Crippen LogP contribution is 2.25. The van der Waals surface area contributed by atoms with E-state index in [1.165, 1.54) is 18.1 Å². The standard InChI is InChI=1S/C14H15N3O3/c1-3-16-9-12(17(19)20)13(10(2)18)14(15-16)11-7-5-4-6-8-11/h4-9,13H,3H2,1-2H3. The summed E-state index contributed by atoms with van der Waals surface area (Å²) in [7, 11) is 0. The highest BCUT2D eigenvalue weighted by molar-refractivity contribution is 6.15. The molecule has 1 unspecified atom stereocenters. The number of hydrazone groups is 1. The Labute approximate surface area is 116 Å². The van der Waals surface area contributed by atoms with Crippen molar-refractivity contribution in [1.82, 2.24) is 5.01 Å². The molecule has 0 radical (unpaired) electrons. The minimum atomic E-state index is -0.921. The largest absolute Gasteiger partial charge is 0.299 e. The second kappa shape index (κ2) is 5.64. The molecule has 1 atom stereocenters. The molecule has 104 valence electrons. The van der Waals surface area contributed by atoms with Crippen molar-refractivity contribution in [2.75, 3.05) is 6.54 Å². The molecule has 0 fully saturated rings. The van der Waals surface area contributed by atoms with E-state index in [9.17, 15) is 14.9 Å². The Morgan fingerprint density at radius 1 is 1.40 bits per heavy atom. The molecule has 1 aromatic rings. The lowest BCUT2D eigenvalue weighted by Crippen LogP contribution is -2.35. The molecule has 1 aromatic carbocycles. The zero-order valence-corrected chi connectivity index (χ0v) is 11.3. The monoisotopic (exact) mass is 273 g/mol. The van der Waals surface area contributed by atoms with Crippen LogP contribution in [0.3, 0.4) is 0 Å². The van der Waals surface area contributed by atoms with Crippen LogP contribution in [0.15, 0.2) is 47.3 Å². The number of nitro groups is 1. The quantitative estimate of drug-likeness (QED) is 0.621. The number of allylic oxidation sites excluding steroid dienone is 1. The van der Waals surface area contributed by atoms with Gasteiger partial charge in [-0.25, -0.2) is 0 Å². The normalized spacial score (nSPS) is 18.3. The molecule has 6 heteroatoms. The SMILES string of the molecule is CCN1C=C([N+](=O)[O-])C(C(C)=O)C(c2ccccc2)=N1. The lowest BCUT2D eigenvalue weighted by Gasteiger charge is -2.24. The molecule has 20 heavy (non-hydrogen) atoms. The first kappa shape index (κ1) is 13.9. The van der Waals surface area contributed by atoms with E-state index in [1.807, 2.05) is 25.1 Å². The van der Waals surface area contributed by atoms with Crippen LogP contribution in [0.4, 0.5) is 0 Å². The zero-order valence-electron chi connectivity index (χ0n) is 11.3. The minimum absolute atomic E-state index is 0.131. The van der Waals surface area contributed by atoms with Crippen LogP contribution < -0.4 is 0 Å². The van der Waals surface area contributed by atoms with Crippen molar-refractivity contribution in [3.63, 3.8) is 0 Å². The second-order valence-corrected chi connectivity index (χ2v) is 4.46. The fraction of sp³-hybridized carbons (Fsp3) is 0.286. The van der Waals surface area contributed by atoms with Gasteiger partial charge in [0.15, 0.2) is 5.92 Å². The molecule has 0 saturated heterocycles. The fourth-order valence-electron chi connectivity index (χ4n) is 2.14. The molecule has 0 saturated carbocycles. The molecule has 0 N–H and O–H groups in total. The van der Waals surface area contributed by atoms with Crippen LogP contribution in [-0.4, -0.2) is 28.0 Å². The van der Waals surface area contributed by atoms with Crippen LogP contribution in [0.5, 0.6) is 0 Å². The predicted octanol–water partition coefficient (Wildman–Crippen LogP) is 2.05. The Hall–Kier alpha value is -2.50. The van der Waals surface area contributed by atoms with Gasteiger partial charge in [0.05, 0.1) is 16.8 Å². The summed E-state index contributed by atoms with van der Waals surface area (Å²) in [5, 5.41) is 17.1. The summed E-state index contributed by atoms with van der Waals surface area (Å²) in [5.74, 6) is -1.21. The van der Waals surface area contributed by atoms with Crippen LogP contribution in [0.2, 0.25) is 0 Å². The first-order valence-corrected chi connectivity index (χ1v) is 6.31. The number of rotatable bonds is 4. The molecular weight excluding hydrogens is 258 g/mol. The molecule has 0 aromatic heterocycles. The van der Waals surface area contributed by atoms with Gasteiger partial charge in [-0.2, -0.15) is 5.10 Å². The topological polar surface area (TPSA) is 75.8 Å². The number of benzene rings is 1. The zero-order chi connectivity index (χ0) is 14.7. The number of Topliss-reactive ketones (excluding diaryl/α,β-unsaturated/α-hetero) is 1. The third-order valence-electron chi connectivity index (χ3n) is 3.10. The van der Waals surface area contributed by atoms with Gasteiger partial charge in [-0.1, -0.05) is 30.3 Å². The molecule has 6 nitrogen and oxygen atoms in total. The minimum Gasteiger partial charge on any atom is -0.299 e. The van der Waals surface area contributed by atoms with Gasteiger partial charge in [-0.05, 0) is 19.4 Å². The summed E-state index contributed by atoms with van der Waals surface area (Å²) in [4.78, 5) is 22.6. The average Bonchev–Trinajstić information content (AvgIpc) is 2.46. The van der Waals surface area contributed by atoms with Gasteiger partial charge >= 0.3 is 0 Å². The molecule has 0 spiro atoms. The lowest BCUT2D eigenvalue weighted by atomic mass is 9.90. The van der Waals surface area contributed by atoms with Gasteiger partial charge in [0.25, 0.3) is 5.70 Å². The van der Waals surface area contributed by atoms with Gasteiger partial charge < -0.3 is 0 Å². The summed E-state index contributed by atoms with van der Waals surface area (Å²) in [6.07, 6.45) is 1.33. The maximum absolute atomic E-state index is 11.8. The number of carbonyl (C=O) groups is 1. The van der Waals surface area contributed by atoms with E-state index in [4.69, 9.17) is 0 Å². The van der Waals surface area contributed by atoms with Crippen LogP contribution >= 0.6 is 0 Å². The van der Waals surface area contributed by atoms with Crippen LogP contribution in [0, 0.1) is 16.0 Å². The first-order valence-electron chi connectivity index (χ1n) is 6.31. The Kier molecular flexibility index (Phi) is 3.93. The molecule has 2 rings (SSSR count). The van der Waals surface area contributed by atoms with Crippen molar-refractivity contribution in [2.24, 2.45) is 11.0 Å². The summed E-state index contributed by atoms with van der Waals surface area (Å²) in [6, 6.07) is 9.07. The second-order valence-electron chi connectivity index (χ2n) is 4.46. The van der Waals surface area contributed by atoms with Gasteiger partial charge in [0, 0.05) is 6.54 Å². The summed E-state index contributed by atoms with van der Waals surface area (Å²) < 4.78 is 0. The summed E-state index contributed by atoms with van der Waals surface area (Å²) in [5.41, 5.74) is 1.01. The van der Waals surface area contributed by atoms with Crippen molar-refractivity contribution < 1.29 is 9.72 Å². The van der Waals surface area contributed by atoms with Crippen LogP contribution in [0.1, 0.15) is 19.4 Å². The maximum atomic E-state index is 11.8. The molecular formula is C14H15N3O3. The Balaban J connectivity index is 2.54. The summed E-state index contributed by atoms with van der Waals surface area (Å²) >= 11 is 0. The van der Waals surface area contributed by atoms with E-state index in [1.54, 1.807) is 12.1 Å². The van der Waals surface area contributed by atoms with E-state index in [0.29, 0.717) is 12.3 Å². The van der Waals surface area contributed by atoms with Gasteiger partial charge in [0.2, 0.25) is 0 Å². The molecule has 0 amide bonds. The molecule has 1 aliphatic rings. The average molecular weight is 273 g/mol. The number of ketones is 1. The lowest BCUT2D eigenvalue weighted by molar-refractivity contribution is -0.431. The van der Waals surface area contributed by atoms with E-state index >= 15 is 0 Å². The molecule has 1 aliphatic heterocycles. The third-order valence-corrected chi connectivity index (χ3v) is 3.10. The van der Waals surface area contributed by atoms with Crippen molar-refractivity contribution in [3.05, 3.63) is 57.9 Å². The van der Waals surface area contributed by atoms with Crippen molar-refractivity contribution in [3.8, 4) is 0 Å². The fourth-order valence-corrected chi connectivity index (χ4v) is 2.14. The van der Waals surface area contributed by atoms with Crippen LogP contribution in [0.25, 0.3) is 0 Å². The molecule has 1 heterocycles. The highest BCUT2D eigenvalue weighted by Gasteiger charge is 2.38. The Morgan fingerprint density at radius 2 is 2.05 bits per heavy atom. The van der Waals surface area contributed by atoms with E-state index < -0.39 is 10.8 Å². The number of carbonyl (C=O) groups excluding carboxylic acids is 1. The maximum Gasteiger partial charge on any atom is 0.280 e. The van der Waals surface area contributed by atoms with Crippen molar-refractivity contribution in [2.45, 2.75) is 13.8 Å². The highest BCUT2D eigenvalue weighted by atomic mass is 16.6. The Morgan fingerprint density at radius 3 is 2.55 bits per heavy atom. The van der Waals surface area contributed by atoms with Crippen LogP contribution in [-0.2, 0) is 4.79 Å². The van der Waals surface area contributed by atoms with Gasteiger partial charge in [0.1, 0.15) is 5.78 Å². The van der Waals surface area contributed by atoms with Crippen molar-refractivity contribution in [1.29, 1.82) is 0 Å². The summed E-state index contributed by atoms with van der Waals surface area (Å²) in [6.45, 7) is 3.69. The van der Waals surface area contributed by atoms with Gasteiger partial charge in [-0.3, -0.25) is 19.9 Å². The van der Waals surface area contributed by atoms with E-state index in [-0.39, 0.29) is 11.5 Å². The predicted molar refractivity (Wildman–Crippen MR) is 74.6 cm³/mol. The molecule has 0 bridgehead atoms. The Bertz CT molecular complexity index is 593. The third kappa shape index (κ3) is 2.59. The number of hydrogen-bond acceptors (Lipinski definition) is 5. The number of hydrogen-bond donors (Lipinski definition) is 0. The number of nitrogens with zero attached hydrogens (tertiary/aromatic N) is 3. The van der Waals surface area contributed by atoms with E-state index in [2.05, 4.69) is 5.10 Å². The van der Waals surface area contributed by atoms with Crippen molar-refractivity contribution >= 4 is 11.5 Å². The first-order chi connectivity index (χ1) is 9.54.